The van der Waals surface area contributed by atoms with Crippen molar-refractivity contribution in [2.24, 2.45) is 0 Å². The lowest BCUT2D eigenvalue weighted by Gasteiger charge is -2.26. The zero-order chi connectivity index (χ0) is 18.1. The Bertz CT molecular complexity index is 802. The van der Waals surface area contributed by atoms with Gasteiger partial charge in [0, 0.05) is 18.8 Å². The number of hydrogen-bond donors (Lipinski definition) is 2. The molecule has 2 aromatic rings. The highest BCUT2D eigenvalue weighted by Gasteiger charge is 2.44. The lowest BCUT2D eigenvalue weighted by molar-refractivity contribution is -0.124. The third-order valence-corrected chi connectivity index (χ3v) is 5.34. The monoisotopic (exact) mass is 359 g/mol. The quantitative estimate of drug-likeness (QED) is 0.872. The number of rotatable bonds is 4. The fourth-order valence-corrected chi connectivity index (χ4v) is 3.58. The van der Waals surface area contributed by atoms with Gasteiger partial charge in [-0.2, -0.15) is 0 Å². The zero-order valence-corrected chi connectivity index (χ0v) is 14.7. The van der Waals surface area contributed by atoms with Gasteiger partial charge in [0.05, 0.1) is 5.56 Å². The smallest absolute Gasteiger partial charge is 0.251 e. The molecule has 0 radical (unpaired) electrons. The molecule has 26 heavy (non-hydrogen) atoms. The van der Waals surface area contributed by atoms with Gasteiger partial charge in [-0.1, -0.05) is 0 Å². The summed E-state index contributed by atoms with van der Waals surface area (Å²) in [6.45, 7) is 2.41. The number of nitrogens with zero attached hydrogens (tertiary/aromatic N) is 3. The molecule has 138 valence electrons. The van der Waals surface area contributed by atoms with Gasteiger partial charge >= 0.3 is 0 Å². The maximum atomic E-state index is 13.3. The van der Waals surface area contributed by atoms with Crippen LogP contribution < -0.4 is 10.6 Å². The van der Waals surface area contributed by atoms with Gasteiger partial charge in [0.1, 0.15) is 17.4 Å². The number of carbonyl (C=O) groups is 1. The summed E-state index contributed by atoms with van der Waals surface area (Å²) in [5.74, 6) is 1.19. The molecule has 0 spiro atoms. The summed E-state index contributed by atoms with van der Waals surface area (Å²) in [5, 5.41) is 14.4. The zero-order valence-electron chi connectivity index (χ0n) is 14.7. The van der Waals surface area contributed by atoms with Crippen molar-refractivity contribution >= 4 is 11.7 Å². The second-order valence-electron chi connectivity index (χ2n) is 7.24. The van der Waals surface area contributed by atoms with Crippen molar-refractivity contribution in [3.63, 3.8) is 0 Å². The Labute approximate surface area is 150 Å². The molecule has 2 N–H and O–H groups in total. The lowest BCUT2D eigenvalue weighted by atomic mass is 9.89. The van der Waals surface area contributed by atoms with Crippen LogP contribution in [0.3, 0.4) is 0 Å². The van der Waals surface area contributed by atoms with E-state index < -0.39 is 11.6 Å². The van der Waals surface area contributed by atoms with Gasteiger partial charge in [-0.25, -0.2) is 9.37 Å². The third-order valence-electron chi connectivity index (χ3n) is 5.34. The average molecular weight is 359 g/mol. The van der Waals surface area contributed by atoms with Gasteiger partial charge < -0.3 is 15.1 Å². The minimum atomic E-state index is -0.791. The Morgan fingerprint density at radius 2 is 2.12 bits per heavy atom. The van der Waals surface area contributed by atoms with Gasteiger partial charge in [0.25, 0.3) is 5.89 Å². The van der Waals surface area contributed by atoms with Gasteiger partial charge in [0.15, 0.2) is 0 Å². The van der Waals surface area contributed by atoms with Crippen molar-refractivity contribution in [1.29, 1.82) is 0 Å². The topological polar surface area (TPSA) is 92.9 Å². The summed E-state index contributed by atoms with van der Waals surface area (Å²) >= 11 is 0. The molecule has 1 aliphatic heterocycles. The Balaban J connectivity index is 1.58. The Hall–Kier alpha value is -2.51. The van der Waals surface area contributed by atoms with Crippen LogP contribution in [-0.4, -0.2) is 39.8 Å². The molecule has 8 heteroatoms. The van der Waals surface area contributed by atoms with Gasteiger partial charge in [-0.05, 0) is 51.2 Å². The van der Waals surface area contributed by atoms with Crippen LogP contribution in [0.2, 0.25) is 0 Å². The van der Waals surface area contributed by atoms with Crippen LogP contribution in [0.4, 0.5) is 10.2 Å². The molecule has 1 saturated heterocycles. The minimum Gasteiger partial charge on any atom is -0.419 e. The van der Waals surface area contributed by atoms with Gasteiger partial charge in [-0.3, -0.25) is 4.79 Å². The fraction of sp³-hybridized carbons (Fsp3) is 0.556. The van der Waals surface area contributed by atoms with Crippen LogP contribution in [0.5, 0.6) is 0 Å². The summed E-state index contributed by atoms with van der Waals surface area (Å²) in [7, 11) is 0. The number of aromatic nitrogens is 3. The molecule has 1 amide bonds. The summed E-state index contributed by atoms with van der Waals surface area (Å²) in [6, 6.07) is 3.83. The molecular weight excluding hydrogens is 337 g/mol. The summed E-state index contributed by atoms with van der Waals surface area (Å²) in [4.78, 5) is 16.5. The second-order valence-corrected chi connectivity index (χ2v) is 7.24. The molecule has 1 atom stereocenters. The molecule has 2 aliphatic rings. The summed E-state index contributed by atoms with van der Waals surface area (Å²) < 4.78 is 19.2. The van der Waals surface area contributed by atoms with E-state index in [9.17, 15) is 9.18 Å². The normalized spacial score (nSPS) is 28.8. The predicted octanol–water partition coefficient (Wildman–Crippen LogP) is 2.60. The fourth-order valence-electron chi connectivity index (χ4n) is 3.58. The maximum absolute atomic E-state index is 13.3. The van der Waals surface area contributed by atoms with E-state index in [0.29, 0.717) is 49.0 Å². The average Bonchev–Trinajstić information content (AvgIpc) is 3.26. The Kier molecular flexibility index (Phi) is 4.34. The molecule has 4 rings (SSSR count). The molecule has 0 bridgehead atoms. The molecule has 1 saturated carbocycles. The number of amides is 1. The Morgan fingerprint density at radius 1 is 1.31 bits per heavy atom. The number of anilines is 1. The van der Waals surface area contributed by atoms with Crippen molar-refractivity contribution < 1.29 is 13.6 Å². The highest BCUT2D eigenvalue weighted by molar-refractivity contribution is 5.88. The van der Waals surface area contributed by atoms with Gasteiger partial charge in [0.2, 0.25) is 11.8 Å². The molecular formula is C18H22FN5O2. The number of pyridine rings is 1. The number of alkyl halides is 1. The van der Waals surface area contributed by atoms with E-state index in [-0.39, 0.29) is 11.9 Å². The number of hydrogen-bond acceptors (Lipinski definition) is 6. The first kappa shape index (κ1) is 16.9. The SMILES string of the molecule is CC1(c2nnc(-c3cccnc3NC3CCC(F)CC3)o2)CCNC1=O. The first-order valence-corrected chi connectivity index (χ1v) is 9.04. The van der Waals surface area contributed by atoms with Crippen molar-refractivity contribution in [3.8, 4) is 11.5 Å². The van der Waals surface area contributed by atoms with Gasteiger partial charge in [-0.15, -0.1) is 10.2 Å². The predicted molar refractivity (Wildman–Crippen MR) is 93.3 cm³/mol. The molecule has 2 fully saturated rings. The van der Waals surface area contributed by atoms with E-state index in [0.717, 1.165) is 12.8 Å². The lowest BCUT2D eigenvalue weighted by Crippen LogP contribution is -2.32. The van der Waals surface area contributed by atoms with E-state index >= 15 is 0 Å². The number of nitrogens with one attached hydrogen (secondary N) is 2. The van der Waals surface area contributed by atoms with E-state index in [1.54, 1.807) is 12.3 Å². The van der Waals surface area contributed by atoms with Crippen LogP contribution in [0.25, 0.3) is 11.5 Å². The standard InChI is InChI=1S/C18H22FN5O2/c1-18(8-10-21-16(18)25)17-24-23-15(26-17)13-3-2-9-20-14(13)22-12-6-4-11(19)5-7-12/h2-3,9,11-12H,4-8,10H2,1H3,(H,20,22)(H,21,25). The van der Waals surface area contributed by atoms with Crippen LogP contribution >= 0.6 is 0 Å². The number of carbonyl (C=O) groups excluding carboxylic acids is 1. The van der Waals surface area contributed by atoms with Crippen LogP contribution in [0.1, 0.15) is 44.9 Å². The third kappa shape index (κ3) is 3.04. The maximum Gasteiger partial charge on any atom is 0.251 e. The van der Waals surface area contributed by atoms with Crippen molar-refractivity contribution in [3.05, 3.63) is 24.2 Å². The molecule has 1 aliphatic carbocycles. The Morgan fingerprint density at radius 3 is 2.85 bits per heavy atom. The summed E-state index contributed by atoms with van der Waals surface area (Å²) in [6.07, 6.45) is 4.28. The van der Waals surface area contributed by atoms with Crippen LogP contribution in [-0.2, 0) is 10.2 Å². The second kappa shape index (κ2) is 6.66. The van der Waals surface area contributed by atoms with E-state index in [2.05, 4.69) is 25.8 Å². The van der Waals surface area contributed by atoms with Crippen LogP contribution in [0.15, 0.2) is 22.7 Å². The van der Waals surface area contributed by atoms with E-state index in [1.165, 1.54) is 0 Å². The van der Waals surface area contributed by atoms with E-state index in [4.69, 9.17) is 4.42 Å². The van der Waals surface area contributed by atoms with Crippen LogP contribution in [0, 0.1) is 0 Å². The minimum absolute atomic E-state index is 0.0970. The summed E-state index contributed by atoms with van der Waals surface area (Å²) in [5.41, 5.74) is -0.101. The van der Waals surface area contributed by atoms with E-state index in [1.807, 2.05) is 13.0 Å². The molecule has 3 heterocycles. The molecule has 7 nitrogen and oxygen atoms in total. The molecule has 2 aromatic heterocycles. The highest BCUT2D eigenvalue weighted by Crippen LogP contribution is 2.34. The van der Waals surface area contributed by atoms with Crippen molar-refractivity contribution in [1.82, 2.24) is 20.5 Å². The van der Waals surface area contributed by atoms with Crippen molar-refractivity contribution in [2.75, 3.05) is 11.9 Å². The highest BCUT2D eigenvalue weighted by atomic mass is 19.1. The number of halogens is 1. The first-order valence-electron chi connectivity index (χ1n) is 9.04. The first-order chi connectivity index (χ1) is 12.6. The largest absolute Gasteiger partial charge is 0.419 e. The molecule has 0 aromatic carbocycles. The molecule has 1 unspecified atom stereocenters. The van der Waals surface area contributed by atoms with Crippen molar-refractivity contribution in [2.45, 2.75) is 56.7 Å².